The maximum atomic E-state index is 13.0. The van der Waals surface area contributed by atoms with Crippen LogP contribution in [-0.2, 0) is 4.74 Å². The molecule has 4 rings (SSSR count). The van der Waals surface area contributed by atoms with Crippen molar-refractivity contribution in [3.63, 3.8) is 0 Å². The average Bonchev–Trinajstić information content (AvgIpc) is 3.28. The van der Waals surface area contributed by atoms with E-state index >= 15 is 0 Å². The molecule has 1 atom stereocenters. The van der Waals surface area contributed by atoms with Crippen molar-refractivity contribution < 1.29 is 14.3 Å². The molecule has 6 nitrogen and oxygen atoms in total. The fourth-order valence-corrected chi connectivity index (χ4v) is 5.20. The molecule has 2 aromatic heterocycles. The van der Waals surface area contributed by atoms with Crippen molar-refractivity contribution in [3.05, 3.63) is 63.8 Å². The molecule has 7 heteroatoms. The first-order chi connectivity index (χ1) is 16.2. The maximum absolute atomic E-state index is 13.0. The summed E-state index contributed by atoms with van der Waals surface area (Å²) in [5.74, 6) is 0.701. The van der Waals surface area contributed by atoms with Crippen molar-refractivity contribution >= 4 is 38.4 Å². The minimum Gasteiger partial charge on any atom is -0.496 e. The highest BCUT2D eigenvalue weighted by atomic mass is 32.1. The van der Waals surface area contributed by atoms with Crippen LogP contribution in [0.5, 0.6) is 5.75 Å². The van der Waals surface area contributed by atoms with Gasteiger partial charge in [-0.2, -0.15) is 0 Å². The van der Waals surface area contributed by atoms with Gasteiger partial charge < -0.3 is 19.4 Å². The number of nitrogens with one attached hydrogen (secondary N) is 1. The van der Waals surface area contributed by atoms with Crippen LogP contribution in [0.25, 0.3) is 32.1 Å². The van der Waals surface area contributed by atoms with Gasteiger partial charge in [0.1, 0.15) is 16.1 Å². The molecule has 0 aliphatic heterocycles. The number of methoxy groups -OCH3 is 1. The number of aromatic amines is 1. The van der Waals surface area contributed by atoms with Gasteiger partial charge >= 0.3 is 6.09 Å². The standard InChI is InChI=1S/C27H30N2O4S/c1-7-29(26(31)33-27(3,4)5)16(2)17-10-8-9-11-18(17)23-21(32-6)13-12-20-22(23)19-14-15-34-24(19)25(30)28-20/h8-16H,7H2,1-6H3,(H,28,30). The number of thiophene rings is 1. The Morgan fingerprint density at radius 1 is 1.15 bits per heavy atom. The number of H-pyrrole nitrogens is 1. The Labute approximate surface area is 203 Å². The van der Waals surface area contributed by atoms with E-state index < -0.39 is 5.60 Å². The number of hydrogen-bond donors (Lipinski definition) is 1. The van der Waals surface area contributed by atoms with Crippen molar-refractivity contribution in [2.24, 2.45) is 0 Å². The van der Waals surface area contributed by atoms with Gasteiger partial charge in [-0.05, 0) is 69.3 Å². The number of carbonyl (C=O) groups is 1. The molecule has 2 aromatic carbocycles. The summed E-state index contributed by atoms with van der Waals surface area (Å²) in [6.07, 6.45) is -0.355. The fourth-order valence-electron chi connectivity index (χ4n) is 4.40. The predicted octanol–water partition coefficient (Wildman–Crippen LogP) is 6.74. The summed E-state index contributed by atoms with van der Waals surface area (Å²) >= 11 is 1.42. The summed E-state index contributed by atoms with van der Waals surface area (Å²) in [4.78, 5) is 30.4. The zero-order valence-electron chi connectivity index (χ0n) is 20.4. The lowest BCUT2D eigenvalue weighted by molar-refractivity contribution is 0.0186. The van der Waals surface area contributed by atoms with Crippen molar-refractivity contribution in [2.75, 3.05) is 13.7 Å². The van der Waals surface area contributed by atoms with Gasteiger partial charge in [0.25, 0.3) is 5.56 Å². The van der Waals surface area contributed by atoms with Crippen LogP contribution in [0.4, 0.5) is 4.79 Å². The van der Waals surface area contributed by atoms with E-state index in [0.29, 0.717) is 17.0 Å². The van der Waals surface area contributed by atoms with E-state index in [1.165, 1.54) is 11.3 Å². The number of hydrogen-bond acceptors (Lipinski definition) is 5. The molecule has 0 spiro atoms. The second kappa shape index (κ2) is 9.14. The molecule has 0 aliphatic carbocycles. The van der Waals surface area contributed by atoms with Crippen molar-refractivity contribution in [1.82, 2.24) is 9.88 Å². The molecule has 0 saturated heterocycles. The van der Waals surface area contributed by atoms with Crippen LogP contribution in [0.3, 0.4) is 0 Å². The lowest BCUT2D eigenvalue weighted by Gasteiger charge is -2.32. The zero-order valence-corrected chi connectivity index (χ0v) is 21.2. The highest BCUT2D eigenvalue weighted by Gasteiger charge is 2.28. The van der Waals surface area contributed by atoms with Gasteiger partial charge in [0, 0.05) is 28.4 Å². The van der Waals surface area contributed by atoms with Crippen LogP contribution in [0.15, 0.2) is 52.6 Å². The van der Waals surface area contributed by atoms with Crippen LogP contribution in [-0.4, -0.2) is 35.2 Å². The Morgan fingerprint density at radius 2 is 1.88 bits per heavy atom. The summed E-state index contributed by atoms with van der Waals surface area (Å²) < 4.78 is 12.2. The van der Waals surface area contributed by atoms with Crippen LogP contribution >= 0.6 is 11.3 Å². The third-order valence-corrected chi connectivity index (χ3v) is 6.81. The normalized spacial score (nSPS) is 12.6. The first-order valence-corrected chi connectivity index (χ1v) is 12.2. The molecule has 178 valence electrons. The zero-order chi connectivity index (χ0) is 24.6. The van der Waals surface area contributed by atoms with E-state index in [4.69, 9.17) is 9.47 Å². The van der Waals surface area contributed by atoms with Crippen molar-refractivity contribution in [3.8, 4) is 16.9 Å². The third-order valence-electron chi connectivity index (χ3n) is 5.89. The van der Waals surface area contributed by atoms with Crippen molar-refractivity contribution in [1.29, 1.82) is 0 Å². The SMILES string of the molecule is CCN(C(=O)OC(C)(C)C)C(C)c1ccccc1-c1c(OC)ccc2[nH]c(=O)c3sccc3c12. The van der Waals surface area contributed by atoms with Gasteiger partial charge in [0.2, 0.25) is 0 Å². The topological polar surface area (TPSA) is 71.6 Å². The number of rotatable bonds is 5. The summed E-state index contributed by atoms with van der Waals surface area (Å²) in [5, 5.41) is 3.74. The number of fused-ring (bicyclic) bond motifs is 3. The molecule has 0 aliphatic rings. The minimum atomic E-state index is -0.584. The number of benzene rings is 2. The quantitative estimate of drug-likeness (QED) is 0.345. The molecule has 4 aromatic rings. The van der Waals surface area contributed by atoms with Crippen LogP contribution < -0.4 is 10.3 Å². The third kappa shape index (κ3) is 4.28. The molecular weight excluding hydrogens is 448 g/mol. The molecule has 2 heterocycles. The number of nitrogens with zero attached hydrogens (tertiary/aromatic N) is 1. The lowest BCUT2D eigenvalue weighted by atomic mass is 9.91. The second-order valence-corrected chi connectivity index (χ2v) is 10.1. The van der Waals surface area contributed by atoms with Crippen LogP contribution in [0.2, 0.25) is 0 Å². The van der Waals surface area contributed by atoms with Crippen LogP contribution in [0, 0.1) is 0 Å². The second-order valence-electron chi connectivity index (χ2n) is 9.21. The first-order valence-electron chi connectivity index (χ1n) is 11.3. The molecule has 1 amide bonds. The largest absolute Gasteiger partial charge is 0.496 e. The van der Waals surface area contributed by atoms with Crippen molar-refractivity contribution in [2.45, 2.75) is 46.3 Å². The number of pyridine rings is 1. The summed E-state index contributed by atoms with van der Waals surface area (Å²) in [6, 6.07) is 13.5. The van der Waals surface area contributed by atoms with E-state index in [9.17, 15) is 9.59 Å². The van der Waals surface area contributed by atoms with E-state index in [0.717, 1.165) is 33.0 Å². The first kappa shape index (κ1) is 23.8. The van der Waals surface area contributed by atoms with E-state index in [1.54, 1.807) is 12.0 Å². The molecule has 0 bridgehead atoms. The smallest absolute Gasteiger partial charge is 0.410 e. The molecular formula is C27H30N2O4S. The van der Waals surface area contributed by atoms with Gasteiger partial charge in [0.15, 0.2) is 0 Å². The molecule has 0 saturated carbocycles. The number of ether oxygens (including phenoxy) is 2. The molecule has 0 fully saturated rings. The molecule has 0 radical (unpaired) electrons. The maximum Gasteiger partial charge on any atom is 0.410 e. The van der Waals surface area contributed by atoms with Gasteiger partial charge in [-0.25, -0.2) is 4.79 Å². The highest BCUT2D eigenvalue weighted by molar-refractivity contribution is 7.17. The summed E-state index contributed by atoms with van der Waals surface area (Å²) in [7, 11) is 1.65. The Morgan fingerprint density at radius 3 is 2.56 bits per heavy atom. The summed E-state index contributed by atoms with van der Waals surface area (Å²) in [6.45, 7) is 10.0. The van der Waals surface area contributed by atoms with Gasteiger partial charge in [-0.1, -0.05) is 24.3 Å². The average molecular weight is 479 g/mol. The Balaban J connectivity index is 1.96. The Kier molecular flexibility index (Phi) is 6.41. The number of carbonyl (C=O) groups excluding carboxylic acids is 1. The number of amides is 1. The monoisotopic (exact) mass is 478 g/mol. The fraction of sp³-hybridized carbons (Fsp3) is 0.333. The summed E-state index contributed by atoms with van der Waals surface area (Å²) in [5.41, 5.74) is 2.86. The predicted molar refractivity (Wildman–Crippen MR) is 139 cm³/mol. The highest BCUT2D eigenvalue weighted by Crippen LogP contribution is 2.43. The van der Waals surface area contributed by atoms with Gasteiger partial charge in [-0.15, -0.1) is 11.3 Å². The van der Waals surface area contributed by atoms with E-state index in [-0.39, 0.29) is 17.7 Å². The lowest BCUT2D eigenvalue weighted by Crippen LogP contribution is -2.38. The number of aromatic nitrogens is 1. The van der Waals surface area contributed by atoms with Gasteiger partial charge in [0.05, 0.1) is 13.2 Å². The van der Waals surface area contributed by atoms with Crippen LogP contribution in [0.1, 0.15) is 46.2 Å². The molecule has 34 heavy (non-hydrogen) atoms. The molecule has 1 unspecified atom stereocenters. The van der Waals surface area contributed by atoms with E-state index in [2.05, 4.69) is 4.98 Å². The van der Waals surface area contributed by atoms with E-state index in [1.807, 2.05) is 82.5 Å². The Bertz CT molecular complexity index is 1410. The molecule has 1 N–H and O–H groups in total. The minimum absolute atomic E-state index is 0.0997. The Hall–Kier alpha value is -3.32. The van der Waals surface area contributed by atoms with Gasteiger partial charge in [-0.3, -0.25) is 4.79 Å².